The lowest BCUT2D eigenvalue weighted by Crippen LogP contribution is -2.50. The summed E-state index contributed by atoms with van der Waals surface area (Å²) in [6.45, 7) is 3.36. The van der Waals surface area contributed by atoms with Crippen LogP contribution in [0.15, 0.2) is 0 Å². The van der Waals surface area contributed by atoms with Crippen molar-refractivity contribution >= 4 is 22.4 Å². The number of fused-ring (bicyclic) bond motifs is 1. The third-order valence-corrected chi connectivity index (χ3v) is 4.72. The van der Waals surface area contributed by atoms with Gasteiger partial charge in [0.05, 0.1) is 12.7 Å². The zero-order valence-corrected chi connectivity index (χ0v) is 12.3. The van der Waals surface area contributed by atoms with E-state index in [0.29, 0.717) is 22.7 Å². The number of nitrogens with zero attached hydrogens (tertiary/aromatic N) is 3. The van der Waals surface area contributed by atoms with E-state index >= 15 is 0 Å². The molecule has 7 nitrogen and oxygen atoms in total. The molecule has 3 rings (SSSR count). The molecular formula is C12H19N5O2S. The lowest BCUT2D eigenvalue weighted by Gasteiger charge is -2.35. The maximum absolute atomic E-state index is 11.9. The first-order chi connectivity index (χ1) is 9.76. The van der Waals surface area contributed by atoms with Crippen molar-refractivity contribution in [2.24, 2.45) is 0 Å². The number of carbonyl (C=O) groups is 1. The number of morpholine rings is 1. The summed E-state index contributed by atoms with van der Waals surface area (Å²) in [5.41, 5.74) is 0. The molecule has 2 saturated heterocycles. The van der Waals surface area contributed by atoms with Crippen LogP contribution in [0.3, 0.4) is 0 Å². The Kier molecular flexibility index (Phi) is 4.13. The van der Waals surface area contributed by atoms with E-state index in [1.165, 1.54) is 24.2 Å². The van der Waals surface area contributed by atoms with Crippen LogP contribution in [-0.2, 0) is 4.74 Å². The number of carbonyl (C=O) groups excluding carboxylic acids is 1. The van der Waals surface area contributed by atoms with Gasteiger partial charge in [-0.05, 0) is 19.4 Å². The Morgan fingerprint density at radius 3 is 3.25 bits per heavy atom. The summed E-state index contributed by atoms with van der Waals surface area (Å²) in [6.07, 6.45) is 2.56. The molecule has 1 amide bonds. The van der Waals surface area contributed by atoms with Gasteiger partial charge in [-0.1, -0.05) is 11.3 Å². The molecule has 1 aromatic heterocycles. The van der Waals surface area contributed by atoms with Crippen molar-refractivity contribution in [1.82, 2.24) is 20.4 Å². The third kappa shape index (κ3) is 2.92. The molecular weight excluding hydrogens is 278 g/mol. The van der Waals surface area contributed by atoms with Gasteiger partial charge < -0.3 is 15.4 Å². The molecule has 2 unspecified atom stereocenters. The Labute approximate surface area is 121 Å². The van der Waals surface area contributed by atoms with Crippen LogP contribution >= 0.6 is 11.3 Å². The molecule has 0 bridgehead atoms. The van der Waals surface area contributed by atoms with Gasteiger partial charge in [-0.15, -0.1) is 10.2 Å². The summed E-state index contributed by atoms with van der Waals surface area (Å²) in [6, 6.07) is 0.586. The molecule has 0 aliphatic carbocycles. The Balaban J connectivity index is 1.48. The van der Waals surface area contributed by atoms with Gasteiger partial charge in [0, 0.05) is 26.2 Å². The second kappa shape index (κ2) is 6.02. The van der Waals surface area contributed by atoms with E-state index < -0.39 is 0 Å². The summed E-state index contributed by atoms with van der Waals surface area (Å²) >= 11 is 1.25. The third-order valence-electron chi connectivity index (χ3n) is 3.78. The van der Waals surface area contributed by atoms with Crippen molar-refractivity contribution in [3.63, 3.8) is 0 Å². The molecule has 2 aliphatic rings. The highest BCUT2D eigenvalue weighted by atomic mass is 32.1. The van der Waals surface area contributed by atoms with E-state index in [4.69, 9.17) is 4.74 Å². The van der Waals surface area contributed by atoms with Crippen molar-refractivity contribution in [3.8, 4) is 0 Å². The topological polar surface area (TPSA) is 79.4 Å². The van der Waals surface area contributed by atoms with Crippen molar-refractivity contribution in [2.45, 2.75) is 25.0 Å². The van der Waals surface area contributed by atoms with Gasteiger partial charge in [-0.2, -0.15) is 0 Å². The van der Waals surface area contributed by atoms with Crippen molar-refractivity contribution in [1.29, 1.82) is 0 Å². The van der Waals surface area contributed by atoms with Crippen LogP contribution in [0.4, 0.5) is 5.13 Å². The number of amides is 1. The molecule has 0 radical (unpaired) electrons. The van der Waals surface area contributed by atoms with Gasteiger partial charge >= 0.3 is 0 Å². The zero-order chi connectivity index (χ0) is 13.9. The standard InChI is InChI=1S/C12H19N5O2S/c1-13-12-16-15-11(20-12)10(18)14-5-9-6-17-4-2-3-8(17)7-19-9/h8-9H,2-7H2,1H3,(H,13,16)(H,14,18). The fourth-order valence-electron chi connectivity index (χ4n) is 2.71. The Morgan fingerprint density at radius 2 is 2.45 bits per heavy atom. The number of hydrogen-bond acceptors (Lipinski definition) is 7. The van der Waals surface area contributed by atoms with Crippen LogP contribution in [0, 0.1) is 0 Å². The summed E-state index contributed by atoms with van der Waals surface area (Å²) in [4.78, 5) is 14.4. The predicted octanol–water partition coefficient (Wildman–Crippen LogP) is 0.173. The van der Waals surface area contributed by atoms with E-state index in [1.54, 1.807) is 7.05 Å². The molecule has 2 atom stereocenters. The van der Waals surface area contributed by atoms with Crippen LogP contribution in [0.2, 0.25) is 0 Å². The van der Waals surface area contributed by atoms with E-state index in [1.807, 2.05) is 0 Å². The van der Waals surface area contributed by atoms with Gasteiger partial charge in [0.25, 0.3) is 5.91 Å². The number of nitrogens with one attached hydrogen (secondary N) is 2. The Hall–Kier alpha value is -1.25. The van der Waals surface area contributed by atoms with Crippen LogP contribution in [0.5, 0.6) is 0 Å². The minimum atomic E-state index is -0.184. The molecule has 0 spiro atoms. The first kappa shape index (κ1) is 13.7. The zero-order valence-electron chi connectivity index (χ0n) is 11.5. The molecule has 110 valence electrons. The highest BCUT2D eigenvalue weighted by Crippen LogP contribution is 2.22. The molecule has 2 fully saturated rings. The minimum absolute atomic E-state index is 0.0741. The van der Waals surface area contributed by atoms with Gasteiger partial charge in [0.1, 0.15) is 0 Å². The fraction of sp³-hybridized carbons (Fsp3) is 0.750. The van der Waals surface area contributed by atoms with Crippen LogP contribution in [0.1, 0.15) is 22.6 Å². The van der Waals surface area contributed by atoms with E-state index in [9.17, 15) is 4.79 Å². The predicted molar refractivity (Wildman–Crippen MR) is 76.1 cm³/mol. The molecule has 20 heavy (non-hydrogen) atoms. The van der Waals surface area contributed by atoms with E-state index in [0.717, 1.165) is 19.7 Å². The number of hydrogen-bond donors (Lipinski definition) is 2. The van der Waals surface area contributed by atoms with Crippen molar-refractivity contribution in [2.75, 3.05) is 38.6 Å². The normalized spacial score (nSPS) is 26.2. The summed E-state index contributed by atoms with van der Waals surface area (Å²) in [5.74, 6) is -0.184. The van der Waals surface area contributed by atoms with Gasteiger partial charge in [-0.25, -0.2) is 0 Å². The minimum Gasteiger partial charge on any atom is -0.373 e. The number of aromatic nitrogens is 2. The second-order valence-corrected chi connectivity index (χ2v) is 6.10. The van der Waals surface area contributed by atoms with Crippen LogP contribution in [0.25, 0.3) is 0 Å². The van der Waals surface area contributed by atoms with Gasteiger partial charge in [-0.3, -0.25) is 9.69 Å². The quantitative estimate of drug-likeness (QED) is 0.825. The lowest BCUT2D eigenvalue weighted by molar-refractivity contribution is -0.0461. The molecule has 0 aromatic carbocycles. The fourth-order valence-corrected chi connectivity index (χ4v) is 3.32. The number of anilines is 1. The SMILES string of the molecule is CNc1nnc(C(=O)NCC2CN3CCCC3CO2)s1. The summed E-state index contributed by atoms with van der Waals surface area (Å²) in [7, 11) is 1.75. The molecule has 2 N–H and O–H groups in total. The van der Waals surface area contributed by atoms with E-state index in [2.05, 4.69) is 25.7 Å². The Morgan fingerprint density at radius 1 is 1.55 bits per heavy atom. The summed E-state index contributed by atoms with van der Waals surface area (Å²) < 4.78 is 5.80. The molecule has 3 heterocycles. The average molecular weight is 297 g/mol. The highest BCUT2D eigenvalue weighted by Gasteiger charge is 2.32. The van der Waals surface area contributed by atoms with E-state index in [-0.39, 0.29) is 12.0 Å². The molecule has 8 heteroatoms. The van der Waals surface area contributed by atoms with Crippen molar-refractivity contribution < 1.29 is 9.53 Å². The van der Waals surface area contributed by atoms with Crippen LogP contribution < -0.4 is 10.6 Å². The maximum Gasteiger partial charge on any atom is 0.282 e. The lowest BCUT2D eigenvalue weighted by atomic mass is 10.2. The van der Waals surface area contributed by atoms with Crippen molar-refractivity contribution in [3.05, 3.63) is 5.01 Å². The monoisotopic (exact) mass is 297 g/mol. The number of ether oxygens (including phenoxy) is 1. The smallest absolute Gasteiger partial charge is 0.282 e. The molecule has 0 saturated carbocycles. The average Bonchev–Trinajstić information content (AvgIpc) is 3.12. The molecule has 2 aliphatic heterocycles. The van der Waals surface area contributed by atoms with Gasteiger partial charge in [0.2, 0.25) is 10.1 Å². The first-order valence-electron chi connectivity index (χ1n) is 6.91. The highest BCUT2D eigenvalue weighted by molar-refractivity contribution is 7.17. The van der Waals surface area contributed by atoms with Crippen LogP contribution in [-0.4, -0.2) is 66.4 Å². The number of rotatable bonds is 4. The van der Waals surface area contributed by atoms with Gasteiger partial charge in [0.15, 0.2) is 0 Å². The maximum atomic E-state index is 11.9. The summed E-state index contributed by atoms with van der Waals surface area (Å²) in [5, 5.41) is 14.5. The molecule has 1 aromatic rings. The second-order valence-electron chi connectivity index (χ2n) is 5.12. The first-order valence-corrected chi connectivity index (χ1v) is 7.73. The largest absolute Gasteiger partial charge is 0.373 e. The Bertz CT molecular complexity index is 480.